The highest BCUT2D eigenvalue weighted by Crippen LogP contribution is 2.24. The summed E-state index contributed by atoms with van der Waals surface area (Å²) in [4.78, 5) is 4.06. The molecular formula is C14H13F3N2O2. The van der Waals surface area contributed by atoms with Gasteiger partial charge in [0.25, 0.3) is 0 Å². The van der Waals surface area contributed by atoms with Crippen LogP contribution >= 0.6 is 0 Å². The molecule has 0 spiro atoms. The second kappa shape index (κ2) is 6.34. The first kappa shape index (κ1) is 15.0. The van der Waals surface area contributed by atoms with Crippen molar-refractivity contribution in [3.8, 4) is 11.6 Å². The fraction of sp³-hybridized carbons (Fsp3) is 0.214. The second-order valence-corrected chi connectivity index (χ2v) is 4.10. The Morgan fingerprint density at radius 2 is 1.86 bits per heavy atom. The Kier molecular flexibility index (Phi) is 4.52. The van der Waals surface area contributed by atoms with E-state index in [1.54, 1.807) is 12.3 Å². The van der Waals surface area contributed by atoms with Gasteiger partial charge in [0.2, 0.25) is 5.88 Å². The lowest BCUT2D eigenvalue weighted by Crippen LogP contribution is -2.17. The Hall–Kier alpha value is -2.44. The Bertz CT molecular complexity index is 586. The van der Waals surface area contributed by atoms with Crippen LogP contribution in [-0.2, 0) is 6.54 Å². The van der Waals surface area contributed by atoms with E-state index in [2.05, 4.69) is 15.0 Å². The highest BCUT2D eigenvalue weighted by atomic mass is 19.4. The summed E-state index contributed by atoms with van der Waals surface area (Å²) < 4.78 is 45.0. The van der Waals surface area contributed by atoms with Crippen LogP contribution in [0.2, 0.25) is 0 Å². The fourth-order valence-corrected chi connectivity index (χ4v) is 1.71. The number of methoxy groups -OCH3 is 1. The van der Waals surface area contributed by atoms with Crippen LogP contribution < -0.4 is 14.8 Å². The number of hydrogen-bond donors (Lipinski definition) is 1. The van der Waals surface area contributed by atoms with Crippen molar-refractivity contribution in [2.75, 3.05) is 12.4 Å². The van der Waals surface area contributed by atoms with E-state index in [1.807, 2.05) is 6.07 Å². The van der Waals surface area contributed by atoms with E-state index in [0.29, 0.717) is 18.1 Å². The Labute approximate surface area is 119 Å². The van der Waals surface area contributed by atoms with Gasteiger partial charge in [0, 0.05) is 24.0 Å². The first-order valence-electron chi connectivity index (χ1n) is 6.05. The SMILES string of the molecule is COc1ncccc1CNc1ccc(OC(F)(F)F)cc1. The minimum atomic E-state index is -4.68. The van der Waals surface area contributed by atoms with Gasteiger partial charge in [-0.25, -0.2) is 4.98 Å². The number of pyridine rings is 1. The number of anilines is 1. The number of aromatic nitrogens is 1. The minimum Gasteiger partial charge on any atom is -0.481 e. The molecule has 1 heterocycles. The molecule has 2 aromatic rings. The van der Waals surface area contributed by atoms with E-state index < -0.39 is 6.36 Å². The van der Waals surface area contributed by atoms with E-state index in [9.17, 15) is 13.2 Å². The van der Waals surface area contributed by atoms with Crippen LogP contribution in [0.1, 0.15) is 5.56 Å². The summed E-state index contributed by atoms with van der Waals surface area (Å²) in [7, 11) is 1.52. The number of nitrogens with zero attached hydrogens (tertiary/aromatic N) is 1. The topological polar surface area (TPSA) is 43.4 Å². The molecule has 112 valence electrons. The molecule has 1 aromatic carbocycles. The lowest BCUT2D eigenvalue weighted by atomic mass is 10.2. The predicted octanol–water partition coefficient (Wildman–Crippen LogP) is 3.60. The van der Waals surface area contributed by atoms with Crippen molar-refractivity contribution in [3.63, 3.8) is 0 Å². The number of hydrogen-bond acceptors (Lipinski definition) is 4. The first-order chi connectivity index (χ1) is 9.98. The number of ether oxygens (including phenoxy) is 2. The molecule has 21 heavy (non-hydrogen) atoms. The number of benzene rings is 1. The van der Waals surface area contributed by atoms with Gasteiger partial charge in [0.05, 0.1) is 7.11 Å². The zero-order chi connectivity index (χ0) is 15.3. The van der Waals surface area contributed by atoms with Gasteiger partial charge in [-0.05, 0) is 30.3 Å². The molecule has 0 aliphatic carbocycles. The molecule has 0 bridgehead atoms. The maximum atomic E-state index is 12.0. The lowest BCUT2D eigenvalue weighted by Gasteiger charge is -2.11. The van der Waals surface area contributed by atoms with Crippen molar-refractivity contribution in [2.45, 2.75) is 12.9 Å². The molecule has 0 aliphatic heterocycles. The van der Waals surface area contributed by atoms with Crippen molar-refractivity contribution >= 4 is 5.69 Å². The van der Waals surface area contributed by atoms with Crippen LogP contribution in [0.4, 0.5) is 18.9 Å². The molecule has 0 saturated carbocycles. The highest BCUT2D eigenvalue weighted by molar-refractivity contribution is 5.47. The smallest absolute Gasteiger partial charge is 0.481 e. The number of rotatable bonds is 5. The molecule has 2 rings (SSSR count). The summed E-state index contributed by atoms with van der Waals surface area (Å²) in [6, 6.07) is 9.13. The average molecular weight is 298 g/mol. The van der Waals surface area contributed by atoms with E-state index in [0.717, 1.165) is 5.56 Å². The van der Waals surface area contributed by atoms with Crippen LogP contribution in [0, 0.1) is 0 Å². The van der Waals surface area contributed by atoms with E-state index in [4.69, 9.17) is 4.74 Å². The summed E-state index contributed by atoms with van der Waals surface area (Å²) in [6.07, 6.45) is -3.07. The summed E-state index contributed by atoms with van der Waals surface area (Å²) in [5, 5.41) is 3.07. The van der Waals surface area contributed by atoms with Crippen LogP contribution in [-0.4, -0.2) is 18.5 Å². The first-order valence-corrected chi connectivity index (χ1v) is 6.05. The normalized spacial score (nSPS) is 11.0. The third-order valence-corrected chi connectivity index (χ3v) is 2.61. The van der Waals surface area contributed by atoms with Crippen molar-refractivity contribution in [1.82, 2.24) is 4.98 Å². The Morgan fingerprint density at radius 3 is 2.48 bits per heavy atom. The second-order valence-electron chi connectivity index (χ2n) is 4.10. The summed E-state index contributed by atoms with van der Waals surface area (Å²) in [5.74, 6) is 0.244. The van der Waals surface area contributed by atoms with Crippen LogP contribution in [0.5, 0.6) is 11.6 Å². The van der Waals surface area contributed by atoms with Gasteiger partial charge in [-0.1, -0.05) is 6.07 Å². The van der Waals surface area contributed by atoms with Crippen LogP contribution in [0.3, 0.4) is 0 Å². The van der Waals surface area contributed by atoms with Gasteiger partial charge in [-0.3, -0.25) is 0 Å². The Balaban J connectivity index is 1.98. The molecule has 0 unspecified atom stereocenters. The third kappa shape index (κ3) is 4.55. The minimum absolute atomic E-state index is 0.257. The summed E-state index contributed by atoms with van der Waals surface area (Å²) >= 11 is 0. The molecule has 1 N–H and O–H groups in total. The Morgan fingerprint density at radius 1 is 1.14 bits per heavy atom. The largest absolute Gasteiger partial charge is 0.573 e. The lowest BCUT2D eigenvalue weighted by molar-refractivity contribution is -0.274. The van der Waals surface area contributed by atoms with Crippen molar-refractivity contribution in [1.29, 1.82) is 0 Å². The van der Waals surface area contributed by atoms with Crippen molar-refractivity contribution < 1.29 is 22.6 Å². The van der Waals surface area contributed by atoms with Gasteiger partial charge in [-0.15, -0.1) is 13.2 Å². The number of nitrogens with one attached hydrogen (secondary N) is 1. The van der Waals surface area contributed by atoms with Crippen LogP contribution in [0.25, 0.3) is 0 Å². The molecule has 0 saturated heterocycles. The van der Waals surface area contributed by atoms with Gasteiger partial charge >= 0.3 is 6.36 Å². The van der Waals surface area contributed by atoms with Gasteiger partial charge in [0.1, 0.15) is 5.75 Å². The molecule has 0 aliphatic rings. The molecule has 0 amide bonds. The molecule has 4 nitrogen and oxygen atoms in total. The quantitative estimate of drug-likeness (QED) is 0.916. The molecule has 0 radical (unpaired) electrons. The molecule has 7 heteroatoms. The number of alkyl halides is 3. The van der Waals surface area contributed by atoms with E-state index >= 15 is 0 Å². The molecule has 0 atom stereocenters. The highest BCUT2D eigenvalue weighted by Gasteiger charge is 2.30. The third-order valence-electron chi connectivity index (χ3n) is 2.61. The zero-order valence-electron chi connectivity index (χ0n) is 11.1. The van der Waals surface area contributed by atoms with E-state index in [1.165, 1.54) is 31.4 Å². The standard InChI is InChI=1S/C14H13F3N2O2/c1-20-13-10(3-2-8-18-13)9-19-11-4-6-12(7-5-11)21-14(15,16)17/h2-8,19H,9H2,1H3. The van der Waals surface area contributed by atoms with Crippen LogP contribution in [0.15, 0.2) is 42.6 Å². The fourth-order valence-electron chi connectivity index (χ4n) is 1.71. The van der Waals surface area contributed by atoms with Gasteiger partial charge in [0.15, 0.2) is 0 Å². The maximum Gasteiger partial charge on any atom is 0.573 e. The molecule has 1 aromatic heterocycles. The van der Waals surface area contributed by atoms with Crippen molar-refractivity contribution in [3.05, 3.63) is 48.2 Å². The summed E-state index contributed by atoms with van der Waals surface area (Å²) in [5.41, 5.74) is 1.51. The van der Waals surface area contributed by atoms with Crippen molar-refractivity contribution in [2.24, 2.45) is 0 Å². The predicted molar refractivity (Wildman–Crippen MR) is 71.2 cm³/mol. The van der Waals surface area contributed by atoms with Gasteiger partial charge in [-0.2, -0.15) is 0 Å². The molecular weight excluding hydrogens is 285 g/mol. The maximum absolute atomic E-state index is 12.0. The monoisotopic (exact) mass is 298 g/mol. The molecule has 0 fully saturated rings. The van der Waals surface area contributed by atoms with E-state index in [-0.39, 0.29) is 5.75 Å². The zero-order valence-corrected chi connectivity index (χ0v) is 11.1. The summed E-state index contributed by atoms with van der Waals surface area (Å²) in [6.45, 7) is 0.441. The average Bonchev–Trinajstić information content (AvgIpc) is 2.45. The number of halogens is 3. The van der Waals surface area contributed by atoms with Gasteiger partial charge < -0.3 is 14.8 Å².